The summed E-state index contributed by atoms with van der Waals surface area (Å²) < 4.78 is 8.63. The van der Waals surface area contributed by atoms with E-state index >= 15 is 0 Å². The van der Waals surface area contributed by atoms with E-state index in [-0.39, 0.29) is 12.0 Å². The van der Waals surface area contributed by atoms with Gasteiger partial charge in [-0.25, -0.2) is 0 Å². The quantitative estimate of drug-likeness (QED) is 0.135. The fourth-order valence-corrected chi connectivity index (χ4v) is 21.2. The summed E-state index contributed by atoms with van der Waals surface area (Å²) in [4.78, 5) is 13.4. The van der Waals surface area contributed by atoms with Gasteiger partial charge < -0.3 is 8.97 Å². The number of esters is 1. The van der Waals surface area contributed by atoms with Gasteiger partial charge in [-0.2, -0.15) is 0 Å². The van der Waals surface area contributed by atoms with Gasteiger partial charge in [0, 0.05) is 6.04 Å². The zero-order valence-electron chi connectivity index (χ0n) is 25.8. The Morgan fingerprint density at radius 1 is 0.435 bits per heavy atom. The van der Waals surface area contributed by atoms with Crippen molar-refractivity contribution in [1.29, 1.82) is 0 Å². The molecule has 0 radical (unpaired) electrons. The van der Waals surface area contributed by atoms with Crippen LogP contribution in [0, 0.1) is 0 Å². The van der Waals surface area contributed by atoms with E-state index in [9.17, 15) is 4.79 Å². The average molecular weight is 632 g/mol. The first-order valence-electron chi connectivity index (χ1n) is 16.0. The van der Waals surface area contributed by atoms with Gasteiger partial charge in [0.05, 0.1) is 13.0 Å². The summed E-state index contributed by atoms with van der Waals surface area (Å²) in [7, 11) is -6.33. The molecule has 0 spiro atoms. The Bertz CT molecular complexity index is 1540. The summed E-state index contributed by atoms with van der Waals surface area (Å²) >= 11 is 0. The molecule has 1 unspecified atom stereocenters. The van der Waals surface area contributed by atoms with E-state index in [4.69, 9.17) is 4.74 Å². The van der Waals surface area contributed by atoms with Crippen molar-refractivity contribution in [2.45, 2.75) is 18.9 Å². The Morgan fingerprint density at radius 3 is 0.935 bits per heavy atom. The predicted octanol–water partition coefficient (Wildman–Crippen LogP) is 4.33. The molecule has 1 aliphatic rings. The van der Waals surface area contributed by atoms with E-state index in [0.29, 0.717) is 13.0 Å². The van der Waals surface area contributed by atoms with Gasteiger partial charge in [-0.05, 0) is 37.5 Å². The molecule has 0 saturated carbocycles. The molecular formula is C41H37NO2Si2. The van der Waals surface area contributed by atoms with Crippen LogP contribution in [0.4, 0.5) is 0 Å². The van der Waals surface area contributed by atoms with Crippen molar-refractivity contribution in [3.8, 4) is 0 Å². The lowest BCUT2D eigenvalue weighted by Crippen LogP contribution is -2.92. The fraction of sp³-hybridized carbons (Fsp3) is 0.0976. The molecule has 1 heterocycles. The molecule has 6 aromatic carbocycles. The topological polar surface area (TPSA) is 29.5 Å². The van der Waals surface area contributed by atoms with Crippen molar-refractivity contribution in [3.05, 3.63) is 182 Å². The summed E-state index contributed by atoms with van der Waals surface area (Å²) in [6.07, 6.45) is 1.09. The molecule has 0 aromatic heterocycles. The van der Waals surface area contributed by atoms with E-state index in [2.05, 4.69) is 186 Å². The summed E-state index contributed by atoms with van der Waals surface area (Å²) in [6, 6.07) is 66.5. The number of cyclic esters (lactones) is 1. The van der Waals surface area contributed by atoms with Gasteiger partial charge in [0.2, 0.25) is 16.5 Å². The number of hydrogen-bond acceptors (Lipinski definition) is 3. The molecule has 1 fully saturated rings. The van der Waals surface area contributed by atoms with Crippen LogP contribution in [-0.2, 0) is 9.53 Å². The molecule has 5 heteroatoms. The Morgan fingerprint density at radius 2 is 0.696 bits per heavy atom. The zero-order chi connectivity index (χ0) is 31.2. The first-order chi connectivity index (χ1) is 22.8. The van der Waals surface area contributed by atoms with E-state index < -0.39 is 16.5 Å². The van der Waals surface area contributed by atoms with Crippen LogP contribution in [0.15, 0.2) is 182 Å². The van der Waals surface area contributed by atoms with Crippen molar-refractivity contribution in [3.63, 3.8) is 0 Å². The highest BCUT2D eigenvalue weighted by Gasteiger charge is 2.60. The smallest absolute Gasteiger partial charge is 0.307 e. The van der Waals surface area contributed by atoms with E-state index in [1.54, 1.807) is 0 Å². The lowest BCUT2D eigenvalue weighted by Gasteiger charge is -2.57. The highest BCUT2D eigenvalue weighted by molar-refractivity contribution is 7.22. The minimum atomic E-state index is -3.17. The number of carbonyl (C=O) groups is 1. The van der Waals surface area contributed by atoms with Crippen molar-refractivity contribution < 1.29 is 9.53 Å². The van der Waals surface area contributed by atoms with Crippen molar-refractivity contribution in [1.82, 2.24) is 4.23 Å². The van der Waals surface area contributed by atoms with Crippen molar-refractivity contribution in [2.24, 2.45) is 0 Å². The molecule has 6 aromatic rings. The molecule has 1 aliphatic heterocycles. The summed E-state index contributed by atoms with van der Waals surface area (Å²) in [5.41, 5.74) is 0. The highest BCUT2D eigenvalue weighted by atomic mass is 28.4. The Balaban J connectivity index is 1.73. The molecule has 226 valence electrons. The normalized spacial score (nSPS) is 15.3. The third kappa shape index (κ3) is 5.16. The van der Waals surface area contributed by atoms with Crippen LogP contribution in [0.25, 0.3) is 0 Å². The minimum absolute atomic E-state index is 0.0687. The summed E-state index contributed by atoms with van der Waals surface area (Å²) in [5, 5.41) is 7.78. The second-order valence-corrected chi connectivity index (χ2v) is 19.6. The molecular weight excluding hydrogens is 595 g/mol. The zero-order valence-corrected chi connectivity index (χ0v) is 27.8. The van der Waals surface area contributed by atoms with Crippen molar-refractivity contribution >= 4 is 53.6 Å². The average Bonchev–Trinajstić information content (AvgIpc) is 3.14. The van der Waals surface area contributed by atoms with Crippen molar-refractivity contribution in [2.75, 3.05) is 6.61 Å². The number of ether oxygens (including phenoxy) is 1. The van der Waals surface area contributed by atoms with E-state index in [0.717, 1.165) is 6.42 Å². The fourth-order valence-electron chi connectivity index (χ4n) is 7.59. The van der Waals surface area contributed by atoms with Crippen LogP contribution in [0.5, 0.6) is 0 Å². The number of benzene rings is 6. The van der Waals surface area contributed by atoms with Crippen LogP contribution in [0.3, 0.4) is 0 Å². The highest BCUT2D eigenvalue weighted by Crippen LogP contribution is 2.30. The van der Waals surface area contributed by atoms with Crippen LogP contribution < -0.4 is 31.1 Å². The number of nitrogens with zero attached hydrogens (tertiary/aromatic N) is 1. The van der Waals surface area contributed by atoms with Crippen LogP contribution in [-0.4, -0.2) is 39.3 Å². The molecule has 3 nitrogen and oxygen atoms in total. The van der Waals surface area contributed by atoms with Gasteiger partial charge >= 0.3 is 5.97 Å². The molecule has 7 rings (SSSR count). The molecule has 1 saturated heterocycles. The minimum Gasteiger partial charge on any atom is -0.466 e. The molecule has 0 amide bonds. The van der Waals surface area contributed by atoms with Gasteiger partial charge in [-0.15, -0.1) is 0 Å². The second kappa shape index (κ2) is 13.3. The maximum atomic E-state index is 13.4. The van der Waals surface area contributed by atoms with Crippen LogP contribution >= 0.6 is 0 Å². The van der Waals surface area contributed by atoms with Crippen LogP contribution in [0.2, 0.25) is 0 Å². The molecule has 0 aliphatic carbocycles. The van der Waals surface area contributed by atoms with Gasteiger partial charge in [-0.3, -0.25) is 4.79 Å². The van der Waals surface area contributed by atoms with Gasteiger partial charge in [0.25, 0.3) is 0 Å². The number of hydrogen-bond donors (Lipinski definition) is 0. The molecule has 0 N–H and O–H groups in total. The van der Waals surface area contributed by atoms with E-state index in [1.807, 2.05) is 0 Å². The Kier molecular flexibility index (Phi) is 8.62. The molecule has 0 bridgehead atoms. The van der Waals surface area contributed by atoms with E-state index in [1.165, 1.54) is 31.1 Å². The van der Waals surface area contributed by atoms with Gasteiger partial charge in [0.1, 0.15) is 0 Å². The summed E-state index contributed by atoms with van der Waals surface area (Å²) in [6.45, 7) is 0.408. The van der Waals surface area contributed by atoms with Gasteiger partial charge in [-0.1, -0.05) is 182 Å². The van der Waals surface area contributed by atoms with Crippen LogP contribution in [0.1, 0.15) is 12.8 Å². The molecule has 1 atom stereocenters. The maximum absolute atomic E-state index is 13.4. The monoisotopic (exact) mass is 631 g/mol. The largest absolute Gasteiger partial charge is 0.466 e. The lowest BCUT2D eigenvalue weighted by molar-refractivity contribution is -0.148. The third-order valence-corrected chi connectivity index (χ3v) is 20.6. The standard InChI is InChI=1S/C41H37NO2Si2/c43-41-33-34(31-32-44-41)42(45(35-19-7-1-8-20-35,36-21-9-2-10-22-36)37-23-11-3-12-24-37)46(38-25-13-4-14-26-38,39-27-15-5-16-28-39)40-29-17-6-18-30-40/h1-30,34H,31-33H2. The first kappa shape index (κ1) is 29.9. The SMILES string of the molecule is O=C1CC(N([Si](c2ccccc2)(c2ccccc2)c2ccccc2)[Si](c2ccccc2)(c2ccccc2)c2ccccc2)CCO1. The molecule has 46 heavy (non-hydrogen) atoms. The number of carbonyl (C=O) groups excluding carboxylic acids is 1. The predicted molar refractivity (Wildman–Crippen MR) is 194 cm³/mol. The first-order valence-corrected chi connectivity index (χ1v) is 19.9. The number of rotatable bonds is 9. The maximum Gasteiger partial charge on any atom is 0.307 e. The van der Waals surface area contributed by atoms with Gasteiger partial charge in [0.15, 0.2) is 0 Å². The second-order valence-electron chi connectivity index (χ2n) is 11.9. The Labute approximate surface area is 273 Å². The Hall–Kier alpha value is -4.82. The third-order valence-electron chi connectivity index (χ3n) is 9.35. The summed E-state index contributed by atoms with van der Waals surface area (Å²) in [5.74, 6) is -0.129. The lowest BCUT2D eigenvalue weighted by atomic mass is 10.1.